The van der Waals surface area contributed by atoms with Crippen LogP contribution in [0.2, 0.25) is 6.04 Å². The molecule has 0 aromatic heterocycles. The van der Waals surface area contributed by atoms with Crippen molar-refractivity contribution in [1.29, 1.82) is 0 Å². The van der Waals surface area contributed by atoms with E-state index in [9.17, 15) is 0 Å². The van der Waals surface area contributed by atoms with Gasteiger partial charge in [0.25, 0.3) is 0 Å². The van der Waals surface area contributed by atoms with E-state index in [1.165, 1.54) is 12.0 Å². The molecule has 4 heteroatoms. The molecule has 0 spiro atoms. The monoisotopic (exact) mass is 306 g/mol. The summed E-state index contributed by atoms with van der Waals surface area (Å²) in [4.78, 5) is 0. The number of hydrogen-bond donors (Lipinski definition) is 0. The highest BCUT2D eigenvalue weighted by molar-refractivity contribution is 6.60. The minimum absolute atomic E-state index is 0.719. The molecule has 0 aliphatic heterocycles. The normalized spacial score (nSPS) is 18.2. The number of rotatable bonds is 9. The first-order valence-electron chi connectivity index (χ1n) is 7.61. The lowest BCUT2D eigenvalue weighted by atomic mass is 9.78. The predicted molar refractivity (Wildman–Crippen MR) is 87.2 cm³/mol. The largest absolute Gasteiger partial charge is 0.500 e. The van der Waals surface area contributed by atoms with Crippen LogP contribution in [0.4, 0.5) is 0 Å². The Kier molecular flexibility index (Phi) is 6.17. The fraction of sp³-hybridized carbons (Fsp3) is 0.529. The van der Waals surface area contributed by atoms with Gasteiger partial charge < -0.3 is 13.3 Å². The molecule has 2 rings (SSSR count). The van der Waals surface area contributed by atoms with Gasteiger partial charge in [-0.2, -0.15) is 0 Å². The van der Waals surface area contributed by atoms with E-state index in [4.69, 9.17) is 13.3 Å². The zero-order valence-corrected chi connectivity index (χ0v) is 14.3. The molecule has 1 aliphatic rings. The molecule has 0 saturated carbocycles. The standard InChI is InChI=1S/C17H26O3Si/c1-18-21(19-2,20-3)13-7-10-16-11-12-17(16)14-15-8-5-4-6-9-15/h4-6,8-9,11,17H,7,10,12-14H2,1-3H3. The van der Waals surface area contributed by atoms with Crippen LogP contribution in [0.3, 0.4) is 0 Å². The second-order valence-corrected chi connectivity index (χ2v) is 8.64. The third kappa shape index (κ3) is 4.26. The Morgan fingerprint density at radius 3 is 2.24 bits per heavy atom. The van der Waals surface area contributed by atoms with Crippen molar-refractivity contribution in [3.8, 4) is 0 Å². The van der Waals surface area contributed by atoms with E-state index in [1.54, 1.807) is 26.9 Å². The molecular weight excluding hydrogens is 280 g/mol. The summed E-state index contributed by atoms with van der Waals surface area (Å²) in [5.74, 6) is 0.719. The topological polar surface area (TPSA) is 27.7 Å². The van der Waals surface area contributed by atoms with Crippen LogP contribution in [0.1, 0.15) is 24.8 Å². The summed E-state index contributed by atoms with van der Waals surface area (Å²) in [7, 11) is 2.65. The highest BCUT2D eigenvalue weighted by atomic mass is 28.4. The van der Waals surface area contributed by atoms with Crippen molar-refractivity contribution in [1.82, 2.24) is 0 Å². The maximum Gasteiger partial charge on any atom is 0.500 e. The van der Waals surface area contributed by atoms with Gasteiger partial charge in [-0.15, -0.1) is 0 Å². The lowest BCUT2D eigenvalue weighted by Crippen LogP contribution is -2.42. The molecule has 0 radical (unpaired) electrons. The van der Waals surface area contributed by atoms with Crippen LogP contribution in [0, 0.1) is 5.92 Å². The average molecular weight is 306 g/mol. The molecule has 1 aromatic carbocycles. The van der Waals surface area contributed by atoms with Crippen molar-refractivity contribution in [2.75, 3.05) is 21.3 Å². The zero-order chi connectivity index (χ0) is 15.1. The molecular formula is C17H26O3Si. The summed E-state index contributed by atoms with van der Waals surface area (Å²) in [6, 6.07) is 11.6. The molecule has 1 aromatic rings. The smallest absolute Gasteiger partial charge is 0.377 e. The van der Waals surface area contributed by atoms with Gasteiger partial charge >= 0.3 is 8.80 Å². The summed E-state index contributed by atoms with van der Waals surface area (Å²) in [6.45, 7) is 0. The Bertz CT molecular complexity index is 446. The molecule has 21 heavy (non-hydrogen) atoms. The molecule has 116 valence electrons. The molecule has 0 saturated heterocycles. The number of hydrogen-bond acceptors (Lipinski definition) is 3. The van der Waals surface area contributed by atoms with E-state index in [2.05, 4.69) is 36.4 Å². The molecule has 1 aliphatic carbocycles. The van der Waals surface area contributed by atoms with E-state index < -0.39 is 8.80 Å². The van der Waals surface area contributed by atoms with Crippen LogP contribution >= 0.6 is 0 Å². The number of allylic oxidation sites excluding steroid dienone is 2. The summed E-state index contributed by atoms with van der Waals surface area (Å²) < 4.78 is 16.4. The first kappa shape index (κ1) is 16.4. The second kappa shape index (κ2) is 7.89. The van der Waals surface area contributed by atoms with Crippen molar-refractivity contribution in [2.45, 2.75) is 31.7 Å². The Morgan fingerprint density at radius 1 is 1.05 bits per heavy atom. The van der Waals surface area contributed by atoms with E-state index in [1.807, 2.05) is 0 Å². The van der Waals surface area contributed by atoms with Gasteiger partial charge in [-0.05, 0) is 37.2 Å². The summed E-state index contributed by atoms with van der Waals surface area (Å²) >= 11 is 0. The van der Waals surface area contributed by atoms with Crippen LogP contribution in [0.15, 0.2) is 42.0 Å². The van der Waals surface area contributed by atoms with Gasteiger partial charge in [-0.3, -0.25) is 0 Å². The van der Waals surface area contributed by atoms with Gasteiger partial charge in [-0.25, -0.2) is 0 Å². The van der Waals surface area contributed by atoms with Crippen molar-refractivity contribution >= 4 is 8.80 Å². The van der Waals surface area contributed by atoms with Gasteiger partial charge in [0.05, 0.1) is 0 Å². The lowest BCUT2D eigenvalue weighted by Gasteiger charge is -2.29. The summed E-state index contributed by atoms with van der Waals surface area (Å²) in [5.41, 5.74) is 3.02. The van der Waals surface area contributed by atoms with Crippen LogP contribution in [0.25, 0.3) is 0 Å². The van der Waals surface area contributed by atoms with Gasteiger partial charge in [0, 0.05) is 27.4 Å². The fourth-order valence-electron chi connectivity index (χ4n) is 2.94. The fourth-order valence-corrected chi connectivity index (χ4v) is 4.66. The first-order chi connectivity index (χ1) is 10.2. The summed E-state index contributed by atoms with van der Waals surface area (Å²) in [6.07, 6.45) is 6.95. The minimum Gasteiger partial charge on any atom is -0.377 e. The maximum absolute atomic E-state index is 5.47. The minimum atomic E-state index is -2.40. The van der Waals surface area contributed by atoms with Crippen molar-refractivity contribution in [3.63, 3.8) is 0 Å². The molecule has 0 bridgehead atoms. The predicted octanol–water partition coefficient (Wildman–Crippen LogP) is 3.83. The molecule has 0 heterocycles. The number of benzene rings is 1. The van der Waals surface area contributed by atoms with Gasteiger partial charge in [0.1, 0.15) is 0 Å². The molecule has 1 atom stereocenters. The average Bonchev–Trinajstić information content (AvgIpc) is 2.53. The van der Waals surface area contributed by atoms with Crippen molar-refractivity contribution in [3.05, 3.63) is 47.5 Å². The second-order valence-electron chi connectivity index (χ2n) is 5.55. The van der Waals surface area contributed by atoms with Gasteiger partial charge in [0.2, 0.25) is 0 Å². The highest BCUT2D eigenvalue weighted by Gasteiger charge is 2.37. The van der Waals surface area contributed by atoms with E-state index in [-0.39, 0.29) is 0 Å². The van der Waals surface area contributed by atoms with E-state index in [0.717, 1.165) is 31.2 Å². The SMILES string of the molecule is CO[Si](CCCC1=CCC1Cc1ccccc1)(OC)OC. The zero-order valence-electron chi connectivity index (χ0n) is 13.3. The highest BCUT2D eigenvalue weighted by Crippen LogP contribution is 2.34. The van der Waals surface area contributed by atoms with Crippen molar-refractivity contribution < 1.29 is 13.3 Å². The Balaban J connectivity index is 1.77. The van der Waals surface area contributed by atoms with Crippen molar-refractivity contribution in [2.24, 2.45) is 5.92 Å². The van der Waals surface area contributed by atoms with Crippen LogP contribution < -0.4 is 0 Å². The molecule has 0 fully saturated rings. The van der Waals surface area contributed by atoms with Crippen LogP contribution in [0.5, 0.6) is 0 Å². The van der Waals surface area contributed by atoms with E-state index in [0.29, 0.717) is 0 Å². The van der Waals surface area contributed by atoms with E-state index >= 15 is 0 Å². The van der Waals surface area contributed by atoms with Gasteiger partial charge in [-0.1, -0.05) is 42.0 Å². The quantitative estimate of drug-likeness (QED) is 0.512. The Hall–Kier alpha value is -0.943. The first-order valence-corrected chi connectivity index (χ1v) is 9.54. The Labute approximate surface area is 129 Å². The maximum atomic E-state index is 5.47. The van der Waals surface area contributed by atoms with Gasteiger partial charge in [0.15, 0.2) is 0 Å². The molecule has 0 N–H and O–H groups in total. The summed E-state index contributed by atoms with van der Waals surface area (Å²) in [5, 5.41) is 0. The third-order valence-electron chi connectivity index (χ3n) is 4.40. The molecule has 3 nitrogen and oxygen atoms in total. The van der Waals surface area contributed by atoms with Crippen LogP contribution in [-0.2, 0) is 19.7 Å². The molecule has 0 amide bonds. The lowest BCUT2D eigenvalue weighted by molar-refractivity contribution is 0.123. The Morgan fingerprint density at radius 2 is 1.71 bits per heavy atom. The molecule has 1 unspecified atom stereocenters. The van der Waals surface area contributed by atoms with Crippen LogP contribution in [-0.4, -0.2) is 30.1 Å². The third-order valence-corrected chi connectivity index (χ3v) is 7.23.